The van der Waals surface area contributed by atoms with Crippen LogP contribution in [0.25, 0.3) is 0 Å². The Kier molecular flexibility index (Phi) is 9.29. The van der Waals surface area contributed by atoms with Crippen molar-refractivity contribution in [2.75, 3.05) is 12.9 Å². The van der Waals surface area contributed by atoms with E-state index in [9.17, 15) is 22.8 Å². The van der Waals surface area contributed by atoms with E-state index < -0.39 is 81.7 Å². The molecular formula is C22H37FO10S. The second kappa shape index (κ2) is 10.4. The van der Waals surface area contributed by atoms with E-state index in [1.54, 1.807) is 62.3 Å². The number of rotatable bonds is 6. The minimum Gasteiger partial charge on any atom is -0.455 e. The van der Waals surface area contributed by atoms with Crippen molar-refractivity contribution in [2.24, 2.45) is 16.2 Å². The summed E-state index contributed by atoms with van der Waals surface area (Å²) in [6, 6.07) is 0. The summed E-state index contributed by atoms with van der Waals surface area (Å²) < 4.78 is 64.6. The first-order valence-corrected chi connectivity index (χ1v) is 12.6. The maximum atomic E-state index is 15.2. The van der Waals surface area contributed by atoms with Crippen LogP contribution in [0.3, 0.4) is 0 Å². The lowest BCUT2D eigenvalue weighted by Crippen LogP contribution is -2.62. The van der Waals surface area contributed by atoms with Gasteiger partial charge in [0.15, 0.2) is 18.3 Å². The molecule has 0 aromatic rings. The molecule has 12 heteroatoms. The third-order valence-corrected chi connectivity index (χ3v) is 5.15. The summed E-state index contributed by atoms with van der Waals surface area (Å²) in [5.41, 5.74) is -3.10. The van der Waals surface area contributed by atoms with Crippen molar-refractivity contribution in [2.45, 2.75) is 93.1 Å². The van der Waals surface area contributed by atoms with Crippen LogP contribution >= 0.6 is 0 Å². The molecule has 0 aliphatic carbocycles. The second-order valence-electron chi connectivity index (χ2n) is 11.4. The van der Waals surface area contributed by atoms with Gasteiger partial charge in [0, 0.05) is 0 Å². The predicted octanol–water partition coefficient (Wildman–Crippen LogP) is 2.53. The first-order valence-electron chi connectivity index (χ1n) is 10.8. The van der Waals surface area contributed by atoms with E-state index in [-0.39, 0.29) is 0 Å². The molecule has 0 radical (unpaired) electrons. The summed E-state index contributed by atoms with van der Waals surface area (Å²) >= 11 is 0. The number of hydrogen-bond donors (Lipinski definition) is 0. The summed E-state index contributed by atoms with van der Waals surface area (Å²) in [6.07, 6.45) is -8.00. The van der Waals surface area contributed by atoms with Crippen LogP contribution in [0.2, 0.25) is 0 Å². The molecule has 1 saturated heterocycles. The van der Waals surface area contributed by atoms with Crippen molar-refractivity contribution in [3.05, 3.63) is 0 Å². The van der Waals surface area contributed by atoms with E-state index in [1.165, 1.54) is 0 Å². The fourth-order valence-corrected chi connectivity index (χ4v) is 2.87. The lowest BCUT2D eigenvalue weighted by molar-refractivity contribution is -0.280. The third kappa shape index (κ3) is 8.77. The van der Waals surface area contributed by atoms with E-state index in [4.69, 9.17) is 23.1 Å². The molecule has 5 atom stereocenters. The van der Waals surface area contributed by atoms with Crippen LogP contribution in [0, 0.1) is 16.2 Å². The topological polar surface area (TPSA) is 132 Å². The normalized spacial score (nSPS) is 26.5. The zero-order chi connectivity index (χ0) is 26.9. The van der Waals surface area contributed by atoms with Crippen LogP contribution < -0.4 is 0 Å². The molecule has 0 saturated carbocycles. The Morgan fingerprint density at radius 3 is 1.44 bits per heavy atom. The Morgan fingerprint density at radius 2 is 1.09 bits per heavy atom. The van der Waals surface area contributed by atoms with Gasteiger partial charge in [-0.2, -0.15) is 8.42 Å². The standard InChI is InChI=1S/C22H37FO10S/c1-20(2,3)17(24)31-13-12(11-29-34(10,27)28)30-16(23)15(33-19(26)22(7,8)9)14(13)32-18(25)21(4,5)6/h12-16H,11H2,1-10H3/t12-,13+,14+,15-,16+/m1/s1. The Bertz CT molecular complexity index is 864. The quantitative estimate of drug-likeness (QED) is 0.297. The molecule has 1 heterocycles. The molecule has 0 aromatic carbocycles. The van der Waals surface area contributed by atoms with Gasteiger partial charge in [0.1, 0.15) is 6.10 Å². The molecule has 0 amide bonds. The minimum absolute atomic E-state index is 0.731. The van der Waals surface area contributed by atoms with E-state index in [2.05, 4.69) is 0 Å². The van der Waals surface area contributed by atoms with Crippen molar-refractivity contribution in [3.63, 3.8) is 0 Å². The van der Waals surface area contributed by atoms with Gasteiger partial charge in [-0.05, 0) is 62.3 Å². The second-order valence-corrected chi connectivity index (χ2v) is 13.0. The first kappa shape index (κ1) is 30.2. The van der Waals surface area contributed by atoms with Crippen LogP contribution in [-0.2, 0) is 47.6 Å². The molecule has 0 unspecified atom stereocenters. The van der Waals surface area contributed by atoms with Crippen LogP contribution in [0.15, 0.2) is 0 Å². The molecule has 0 aromatic heterocycles. The van der Waals surface area contributed by atoms with Crippen molar-refractivity contribution in [1.29, 1.82) is 0 Å². The molecule has 10 nitrogen and oxygen atoms in total. The number of ether oxygens (including phenoxy) is 4. The molecule has 1 fully saturated rings. The summed E-state index contributed by atoms with van der Waals surface area (Å²) in [6.45, 7) is 13.2. The SMILES string of the molecule is CC(C)(C)C(=O)O[C@@H]1[C@@H](OC(=O)C(C)(C)C)[C@@H](F)O[C@H](COS(C)(=O)=O)[C@@H]1OC(=O)C(C)(C)C. The van der Waals surface area contributed by atoms with Gasteiger partial charge in [-0.3, -0.25) is 18.6 Å². The zero-order valence-corrected chi connectivity index (χ0v) is 22.3. The largest absolute Gasteiger partial charge is 0.455 e. The van der Waals surface area contributed by atoms with Crippen molar-refractivity contribution < 1.29 is 50.3 Å². The highest BCUT2D eigenvalue weighted by Crippen LogP contribution is 2.34. The summed E-state index contributed by atoms with van der Waals surface area (Å²) in [7, 11) is -3.97. The van der Waals surface area contributed by atoms with E-state index in [0.717, 1.165) is 6.26 Å². The van der Waals surface area contributed by atoms with Gasteiger partial charge < -0.3 is 18.9 Å². The highest BCUT2D eigenvalue weighted by molar-refractivity contribution is 7.85. The molecule has 34 heavy (non-hydrogen) atoms. The number of esters is 3. The van der Waals surface area contributed by atoms with Gasteiger partial charge in [-0.1, -0.05) is 0 Å². The first-order chi connectivity index (χ1) is 15.0. The highest BCUT2D eigenvalue weighted by atomic mass is 32.2. The fraction of sp³-hybridized carbons (Fsp3) is 0.864. The van der Waals surface area contributed by atoms with Crippen LogP contribution in [0.5, 0.6) is 0 Å². The molecule has 0 bridgehead atoms. The van der Waals surface area contributed by atoms with Gasteiger partial charge >= 0.3 is 17.9 Å². The maximum Gasteiger partial charge on any atom is 0.311 e. The molecule has 1 rings (SSSR count). The van der Waals surface area contributed by atoms with Gasteiger partial charge in [-0.25, -0.2) is 4.39 Å². The average molecular weight is 513 g/mol. The summed E-state index contributed by atoms with van der Waals surface area (Å²) in [4.78, 5) is 38.0. The fourth-order valence-electron chi connectivity index (χ4n) is 2.49. The predicted molar refractivity (Wildman–Crippen MR) is 119 cm³/mol. The van der Waals surface area contributed by atoms with Crippen LogP contribution in [-0.4, -0.2) is 70.0 Å². The van der Waals surface area contributed by atoms with Crippen molar-refractivity contribution >= 4 is 28.0 Å². The smallest absolute Gasteiger partial charge is 0.311 e. The minimum atomic E-state index is -3.97. The average Bonchev–Trinajstić information content (AvgIpc) is 2.61. The lowest BCUT2D eigenvalue weighted by Gasteiger charge is -2.43. The summed E-state index contributed by atoms with van der Waals surface area (Å²) in [5, 5.41) is 0. The number of alkyl halides is 1. The van der Waals surface area contributed by atoms with Crippen molar-refractivity contribution in [1.82, 2.24) is 0 Å². The van der Waals surface area contributed by atoms with Crippen LogP contribution in [0.4, 0.5) is 4.39 Å². The molecule has 198 valence electrons. The molecular weight excluding hydrogens is 475 g/mol. The molecule has 0 N–H and O–H groups in total. The van der Waals surface area contributed by atoms with E-state index in [1.807, 2.05) is 0 Å². The van der Waals surface area contributed by atoms with Crippen LogP contribution in [0.1, 0.15) is 62.3 Å². The summed E-state index contributed by atoms with van der Waals surface area (Å²) in [5.74, 6) is -2.37. The zero-order valence-electron chi connectivity index (χ0n) is 21.5. The Morgan fingerprint density at radius 1 is 0.735 bits per heavy atom. The molecule has 1 aliphatic heterocycles. The highest BCUT2D eigenvalue weighted by Gasteiger charge is 2.54. The monoisotopic (exact) mass is 512 g/mol. The van der Waals surface area contributed by atoms with E-state index in [0.29, 0.717) is 0 Å². The molecule has 0 spiro atoms. The van der Waals surface area contributed by atoms with Gasteiger partial charge in [-0.15, -0.1) is 0 Å². The van der Waals surface area contributed by atoms with Gasteiger partial charge in [0.25, 0.3) is 10.1 Å². The lowest BCUT2D eigenvalue weighted by atomic mass is 9.93. The Labute approximate surface area is 200 Å². The number of carbonyl (C=O) groups excluding carboxylic acids is 3. The Hall–Kier alpha value is -1.79. The van der Waals surface area contributed by atoms with Gasteiger partial charge in [0.2, 0.25) is 6.36 Å². The molecule has 1 aliphatic rings. The number of halogens is 1. The third-order valence-electron chi connectivity index (χ3n) is 4.59. The number of hydrogen-bond acceptors (Lipinski definition) is 10. The van der Waals surface area contributed by atoms with Crippen molar-refractivity contribution in [3.8, 4) is 0 Å². The Balaban J connectivity index is 3.51. The maximum absolute atomic E-state index is 15.2. The van der Waals surface area contributed by atoms with Gasteiger partial charge in [0.05, 0.1) is 29.1 Å². The van der Waals surface area contributed by atoms with E-state index >= 15 is 4.39 Å². The number of carbonyl (C=O) groups is 3.